The van der Waals surface area contributed by atoms with Crippen molar-refractivity contribution in [1.29, 1.82) is 0 Å². The van der Waals surface area contributed by atoms with E-state index in [1.54, 1.807) is 30.6 Å². The number of carbonyl (C=O) groups excluding carboxylic acids is 1. The Balaban J connectivity index is 1.29. The van der Waals surface area contributed by atoms with Gasteiger partial charge in [-0.05, 0) is 31.0 Å². The van der Waals surface area contributed by atoms with E-state index in [2.05, 4.69) is 41.8 Å². The highest BCUT2D eigenvalue weighted by Gasteiger charge is 2.42. The standard InChI is InChI=1S/C25H26N8O3/c26-23(35)15-36-9-3-4-16-11-28-25(29-12-16)33-17-7-8-18(33)14-32(13-17)21-10-20(30-31-24(21)27)19-5-1-2-6-22(19)34/h1-2,5-6,10-12,17-18,34H,7-9,13-15H2,(H2,26,35)(H2,27,31). The van der Waals surface area contributed by atoms with Gasteiger partial charge in [-0.15, -0.1) is 10.2 Å². The van der Waals surface area contributed by atoms with E-state index in [4.69, 9.17) is 16.2 Å². The molecule has 2 bridgehead atoms. The number of primary amides is 1. The molecule has 2 fully saturated rings. The van der Waals surface area contributed by atoms with E-state index < -0.39 is 5.91 Å². The van der Waals surface area contributed by atoms with Crippen molar-refractivity contribution in [3.05, 3.63) is 48.3 Å². The number of aromatic hydroxyl groups is 1. The first-order valence-corrected chi connectivity index (χ1v) is 11.6. The van der Waals surface area contributed by atoms with E-state index in [1.807, 2.05) is 12.1 Å². The molecule has 1 amide bonds. The highest BCUT2D eigenvalue weighted by atomic mass is 16.5. The van der Waals surface area contributed by atoms with E-state index in [1.165, 1.54) is 0 Å². The molecule has 5 rings (SSSR count). The van der Waals surface area contributed by atoms with Crippen LogP contribution < -0.4 is 21.3 Å². The number of amides is 1. The minimum atomic E-state index is -0.530. The predicted molar refractivity (Wildman–Crippen MR) is 134 cm³/mol. The normalized spacial score (nSPS) is 18.6. The second kappa shape index (κ2) is 10.1. The van der Waals surface area contributed by atoms with Crippen LogP contribution in [-0.4, -0.2) is 69.6 Å². The second-order valence-corrected chi connectivity index (χ2v) is 8.75. The molecule has 2 aliphatic heterocycles. The first-order valence-electron chi connectivity index (χ1n) is 11.6. The Bertz CT molecular complexity index is 1310. The number of nitrogen functional groups attached to an aromatic ring is 1. The summed E-state index contributed by atoms with van der Waals surface area (Å²) in [5, 5.41) is 18.6. The van der Waals surface area contributed by atoms with Crippen molar-refractivity contribution in [2.45, 2.75) is 24.9 Å². The SMILES string of the molecule is NC(=O)COCC#Cc1cnc(N2C3CCC2CN(c2cc(-c4ccccc4O)nnc2N)C3)nc1. The first-order chi connectivity index (χ1) is 17.5. The molecule has 0 saturated carbocycles. The molecule has 36 heavy (non-hydrogen) atoms. The third-order valence-electron chi connectivity index (χ3n) is 6.32. The molecule has 184 valence electrons. The van der Waals surface area contributed by atoms with Gasteiger partial charge in [-0.1, -0.05) is 24.0 Å². The summed E-state index contributed by atoms with van der Waals surface area (Å²) < 4.78 is 5.03. The number of para-hydroxylation sites is 1. The molecule has 2 aliphatic rings. The molecular formula is C25H26N8O3. The van der Waals surface area contributed by atoms with Crippen molar-refractivity contribution in [2.75, 3.05) is 41.8 Å². The van der Waals surface area contributed by atoms with Gasteiger partial charge in [0.05, 0.1) is 16.9 Å². The Morgan fingerprint density at radius 3 is 2.56 bits per heavy atom. The van der Waals surface area contributed by atoms with Crippen molar-refractivity contribution in [2.24, 2.45) is 5.73 Å². The van der Waals surface area contributed by atoms with E-state index in [-0.39, 0.29) is 31.0 Å². The Morgan fingerprint density at radius 2 is 1.86 bits per heavy atom. The lowest BCUT2D eigenvalue weighted by Crippen LogP contribution is -2.54. The zero-order valence-corrected chi connectivity index (χ0v) is 19.5. The molecular weight excluding hydrogens is 460 g/mol. The summed E-state index contributed by atoms with van der Waals surface area (Å²) in [6, 6.07) is 9.39. The van der Waals surface area contributed by atoms with Crippen LogP contribution in [-0.2, 0) is 9.53 Å². The van der Waals surface area contributed by atoms with E-state index in [9.17, 15) is 9.90 Å². The molecule has 11 nitrogen and oxygen atoms in total. The first kappa shape index (κ1) is 23.3. The van der Waals surface area contributed by atoms with Crippen LogP contribution in [0.5, 0.6) is 5.75 Å². The van der Waals surface area contributed by atoms with Gasteiger partial charge in [0.2, 0.25) is 11.9 Å². The van der Waals surface area contributed by atoms with Gasteiger partial charge in [0, 0.05) is 43.1 Å². The zero-order valence-electron chi connectivity index (χ0n) is 19.5. The van der Waals surface area contributed by atoms with Crippen molar-refractivity contribution in [3.63, 3.8) is 0 Å². The molecule has 0 spiro atoms. The van der Waals surface area contributed by atoms with Gasteiger partial charge < -0.3 is 31.1 Å². The fraction of sp³-hybridized carbons (Fsp3) is 0.320. The number of carbonyl (C=O) groups is 1. The summed E-state index contributed by atoms with van der Waals surface area (Å²) in [6.45, 7) is 1.44. The van der Waals surface area contributed by atoms with E-state index >= 15 is 0 Å². The van der Waals surface area contributed by atoms with Gasteiger partial charge in [0.15, 0.2) is 5.82 Å². The highest BCUT2D eigenvalue weighted by molar-refractivity contribution is 5.75. The van der Waals surface area contributed by atoms with Gasteiger partial charge in [0.1, 0.15) is 19.0 Å². The Morgan fingerprint density at radius 1 is 1.14 bits per heavy atom. The molecule has 5 N–H and O–H groups in total. The monoisotopic (exact) mass is 486 g/mol. The number of phenolic OH excluding ortho intramolecular Hbond substituents is 1. The summed E-state index contributed by atoms with van der Waals surface area (Å²) in [6.07, 6.45) is 5.43. The van der Waals surface area contributed by atoms with Crippen LogP contribution in [0.4, 0.5) is 17.5 Å². The van der Waals surface area contributed by atoms with E-state index in [0.29, 0.717) is 28.6 Å². The quantitative estimate of drug-likeness (QED) is 0.338. The van der Waals surface area contributed by atoms with Crippen LogP contribution in [0.25, 0.3) is 11.3 Å². The summed E-state index contributed by atoms with van der Waals surface area (Å²) in [5.74, 6) is 6.39. The number of hydrogen-bond donors (Lipinski definition) is 3. The number of rotatable bonds is 6. The van der Waals surface area contributed by atoms with Gasteiger partial charge >= 0.3 is 0 Å². The molecule has 0 aliphatic carbocycles. The summed E-state index contributed by atoms with van der Waals surface area (Å²) in [4.78, 5) is 24.3. The van der Waals surface area contributed by atoms with Gasteiger partial charge in [0.25, 0.3) is 0 Å². The maximum Gasteiger partial charge on any atom is 0.243 e. The number of benzene rings is 1. The predicted octanol–water partition coefficient (Wildman–Crippen LogP) is 0.932. The van der Waals surface area contributed by atoms with Crippen LogP contribution in [0.3, 0.4) is 0 Å². The maximum atomic E-state index is 10.7. The third kappa shape index (κ3) is 4.85. The van der Waals surface area contributed by atoms with Crippen molar-refractivity contribution in [1.82, 2.24) is 20.2 Å². The van der Waals surface area contributed by atoms with Crippen LogP contribution in [0.1, 0.15) is 18.4 Å². The number of anilines is 3. The molecule has 4 heterocycles. The van der Waals surface area contributed by atoms with Crippen LogP contribution >= 0.6 is 0 Å². The number of hydrogen-bond acceptors (Lipinski definition) is 10. The minimum absolute atomic E-state index is 0.107. The smallest absolute Gasteiger partial charge is 0.243 e. The summed E-state index contributed by atoms with van der Waals surface area (Å²) >= 11 is 0. The number of aromatic nitrogens is 4. The van der Waals surface area contributed by atoms with Crippen LogP contribution in [0.15, 0.2) is 42.7 Å². The van der Waals surface area contributed by atoms with E-state index in [0.717, 1.165) is 31.6 Å². The van der Waals surface area contributed by atoms with Crippen molar-refractivity contribution >= 4 is 23.4 Å². The molecule has 11 heteroatoms. The van der Waals surface area contributed by atoms with Gasteiger partial charge in [-0.2, -0.15) is 0 Å². The maximum absolute atomic E-state index is 10.7. The minimum Gasteiger partial charge on any atom is -0.507 e. The average Bonchev–Trinajstić information content (AvgIpc) is 3.14. The number of ether oxygens (including phenoxy) is 1. The molecule has 2 unspecified atom stereocenters. The lowest BCUT2D eigenvalue weighted by Gasteiger charge is -2.42. The number of fused-ring (bicyclic) bond motifs is 2. The van der Waals surface area contributed by atoms with Gasteiger partial charge in [-0.25, -0.2) is 9.97 Å². The lowest BCUT2D eigenvalue weighted by atomic mass is 10.1. The fourth-order valence-electron chi connectivity index (χ4n) is 4.75. The number of nitrogens with zero attached hydrogens (tertiary/aromatic N) is 6. The van der Waals surface area contributed by atoms with Crippen LogP contribution in [0.2, 0.25) is 0 Å². The molecule has 2 saturated heterocycles. The zero-order chi connectivity index (χ0) is 25.1. The summed E-state index contributed by atoms with van der Waals surface area (Å²) in [5.41, 5.74) is 13.9. The molecule has 2 aromatic heterocycles. The topological polar surface area (TPSA) is 157 Å². The molecule has 2 atom stereocenters. The average molecular weight is 487 g/mol. The van der Waals surface area contributed by atoms with Crippen LogP contribution in [0, 0.1) is 11.8 Å². The third-order valence-corrected chi connectivity index (χ3v) is 6.32. The molecule has 3 aromatic rings. The largest absolute Gasteiger partial charge is 0.507 e. The highest BCUT2D eigenvalue weighted by Crippen LogP contribution is 2.37. The van der Waals surface area contributed by atoms with Gasteiger partial charge in [-0.3, -0.25) is 4.79 Å². The number of phenols is 1. The Hall–Kier alpha value is -4.43. The van der Waals surface area contributed by atoms with Crippen molar-refractivity contribution < 1.29 is 14.6 Å². The Kier molecular flexibility index (Phi) is 6.51. The fourth-order valence-corrected chi connectivity index (χ4v) is 4.75. The van der Waals surface area contributed by atoms with Crippen molar-refractivity contribution in [3.8, 4) is 28.8 Å². The lowest BCUT2D eigenvalue weighted by molar-refractivity contribution is -0.122. The second-order valence-electron chi connectivity index (χ2n) is 8.75. The molecule has 0 radical (unpaired) electrons. The Labute approximate surface area is 208 Å². The summed E-state index contributed by atoms with van der Waals surface area (Å²) in [7, 11) is 0. The molecule has 1 aromatic carbocycles. The number of nitrogens with two attached hydrogens (primary N) is 2. The number of piperazine rings is 1.